The standard InChI is InChI=1S/C25H23N7O4.C2HF3O2/c26-23-17-11-16(6-7-21(17)36-29-23)32-20(13-18(28-32)24(27)34)25(35)31-10-8-14-4-5-15(12-19(14)31)30-9-2-1-3-22(30)33;3-2(4,5)1(6)7/h4-7,11-13H,1-3,8-10H2,(H2,26,29)(H2,27,34);(H,6,7). The minimum Gasteiger partial charge on any atom is -0.475 e. The number of nitrogens with two attached hydrogens (primary N) is 2. The number of piperidine rings is 1. The predicted octanol–water partition coefficient (Wildman–Crippen LogP) is 3.05. The molecule has 0 spiro atoms. The molecule has 6 rings (SSSR count). The molecule has 13 nitrogen and oxygen atoms in total. The number of hydrogen-bond acceptors (Lipinski definition) is 8. The molecule has 43 heavy (non-hydrogen) atoms. The van der Waals surface area contributed by atoms with Gasteiger partial charge in [0.2, 0.25) is 5.91 Å². The third-order valence-electron chi connectivity index (χ3n) is 6.99. The summed E-state index contributed by atoms with van der Waals surface area (Å²) in [6.07, 6.45) is -2.05. The second-order valence-corrected chi connectivity index (χ2v) is 9.76. The Morgan fingerprint density at radius 2 is 1.70 bits per heavy atom. The van der Waals surface area contributed by atoms with Gasteiger partial charge in [-0.05, 0) is 55.2 Å². The maximum absolute atomic E-state index is 13.8. The average molecular weight is 600 g/mol. The molecule has 0 atom stereocenters. The van der Waals surface area contributed by atoms with Crippen molar-refractivity contribution in [3.63, 3.8) is 0 Å². The molecule has 1 fully saturated rings. The third kappa shape index (κ3) is 5.71. The van der Waals surface area contributed by atoms with Gasteiger partial charge in [-0.2, -0.15) is 18.3 Å². The number of benzene rings is 2. The molecule has 2 aliphatic rings. The number of fused-ring (bicyclic) bond motifs is 2. The lowest BCUT2D eigenvalue weighted by atomic mass is 10.1. The molecular formula is C27H24F3N7O6. The number of primary amides is 1. The van der Waals surface area contributed by atoms with Crippen molar-refractivity contribution in [1.29, 1.82) is 0 Å². The van der Waals surface area contributed by atoms with Crippen molar-refractivity contribution in [2.45, 2.75) is 31.9 Å². The van der Waals surface area contributed by atoms with Gasteiger partial charge in [0.25, 0.3) is 11.8 Å². The molecule has 1 saturated heterocycles. The van der Waals surface area contributed by atoms with E-state index in [4.69, 9.17) is 25.9 Å². The minimum absolute atomic E-state index is 0.0381. The largest absolute Gasteiger partial charge is 0.490 e. The molecule has 2 aromatic heterocycles. The van der Waals surface area contributed by atoms with E-state index in [1.54, 1.807) is 28.0 Å². The number of alkyl halides is 3. The maximum atomic E-state index is 13.8. The lowest BCUT2D eigenvalue weighted by Crippen LogP contribution is -2.35. The molecule has 0 saturated carbocycles. The summed E-state index contributed by atoms with van der Waals surface area (Å²) in [5.41, 5.74) is 15.0. The van der Waals surface area contributed by atoms with Gasteiger partial charge in [-0.3, -0.25) is 14.4 Å². The van der Waals surface area contributed by atoms with E-state index in [9.17, 15) is 27.6 Å². The molecule has 5 N–H and O–H groups in total. The lowest BCUT2D eigenvalue weighted by molar-refractivity contribution is -0.192. The first kappa shape index (κ1) is 29.1. The fraction of sp³-hybridized carbons (Fsp3) is 0.259. The smallest absolute Gasteiger partial charge is 0.475 e. The van der Waals surface area contributed by atoms with Crippen molar-refractivity contribution >= 4 is 51.9 Å². The molecule has 0 unspecified atom stereocenters. The molecule has 224 valence electrons. The second-order valence-electron chi connectivity index (χ2n) is 9.76. The van der Waals surface area contributed by atoms with E-state index in [2.05, 4.69) is 10.3 Å². The van der Waals surface area contributed by atoms with Crippen LogP contribution in [0.4, 0.5) is 30.4 Å². The lowest BCUT2D eigenvalue weighted by Gasteiger charge is -2.28. The maximum Gasteiger partial charge on any atom is 0.490 e. The summed E-state index contributed by atoms with van der Waals surface area (Å²) in [5.74, 6) is -3.55. The quantitative estimate of drug-likeness (QED) is 0.316. The number of carboxylic acids is 1. The van der Waals surface area contributed by atoms with E-state index in [0.717, 1.165) is 29.8 Å². The van der Waals surface area contributed by atoms with Crippen molar-refractivity contribution in [2.75, 3.05) is 28.6 Å². The Kier molecular flexibility index (Phi) is 7.52. The van der Waals surface area contributed by atoms with E-state index in [0.29, 0.717) is 42.6 Å². The van der Waals surface area contributed by atoms with Gasteiger partial charge >= 0.3 is 12.1 Å². The molecule has 16 heteroatoms. The number of aliphatic carboxylic acids is 1. The van der Waals surface area contributed by atoms with Crippen LogP contribution in [0.15, 0.2) is 47.0 Å². The van der Waals surface area contributed by atoms with E-state index in [1.165, 1.54) is 10.7 Å². The number of carbonyl (C=O) groups is 4. The minimum atomic E-state index is -5.08. The average Bonchev–Trinajstić information content (AvgIpc) is 3.69. The molecule has 0 bridgehead atoms. The summed E-state index contributed by atoms with van der Waals surface area (Å²) in [5, 5.41) is 15.7. The zero-order chi connectivity index (χ0) is 31.1. The predicted molar refractivity (Wildman–Crippen MR) is 146 cm³/mol. The summed E-state index contributed by atoms with van der Waals surface area (Å²) in [4.78, 5) is 50.6. The zero-order valence-electron chi connectivity index (χ0n) is 22.3. The summed E-state index contributed by atoms with van der Waals surface area (Å²) < 4.78 is 38.3. The molecule has 4 heterocycles. The van der Waals surface area contributed by atoms with E-state index < -0.39 is 18.1 Å². The first-order valence-corrected chi connectivity index (χ1v) is 13.0. The summed E-state index contributed by atoms with van der Waals surface area (Å²) in [6, 6.07) is 12.2. The normalized spacial score (nSPS) is 14.8. The topological polar surface area (TPSA) is 191 Å². The van der Waals surface area contributed by atoms with Crippen molar-refractivity contribution < 1.29 is 42.0 Å². The SMILES string of the molecule is NC(=O)c1cc(C(=O)N2CCc3ccc(N4CCCCC4=O)cc32)n(-c2ccc3onc(N)c3c2)n1.O=C(O)C(F)(F)F. The number of amides is 3. The van der Waals surface area contributed by atoms with Gasteiger partial charge < -0.3 is 30.9 Å². The highest BCUT2D eigenvalue weighted by molar-refractivity contribution is 6.08. The van der Waals surface area contributed by atoms with Crippen LogP contribution in [0.3, 0.4) is 0 Å². The van der Waals surface area contributed by atoms with E-state index >= 15 is 0 Å². The van der Waals surface area contributed by atoms with Crippen LogP contribution in [-0.2, 0) is 16.0 Å². The summed E-state index contributed by atoms with van der Waals surface area (Å²) in [6.45, 7) is 1.12. The second kappa shape index (κ2) is 11.1. The van der Waals surface area contributed by atoms with Crippen LogP contribution in [0.5, 0.6) is 0 Å². The van der Waals surface area contributed by atoms with Crippen molar-refractivity contribution in [2.24, 2.45) is 5.73 Å². The Bertz CT molecular complexity index is 1760. The number of carboxylic acid groups (broad SMARTS) is 1. The Morgan fingerprint density at radius 1 is 0.977 bits per heavy atom. The van der Waals surface area contributed by atoms with Crippen LogP contribution in [0, 0.1) is 0 Å². The van der Waals surface area contributed by atoms with Gasteiger partial charge in [0.05, 0.1) is 11.1 Å². The van der Waals surface area contributed by atoms with Crippen LogP contribution in [-0.4, -0.2) is 63.0 Å². The first-order chi connectivity index (χ1) is 20.3. The number of hydrogen-bond donors (Lipinski definition) is 3. The Labute approximate surface area is 240 Å². The van der Waals surface area contributed by atoms with Gasteiger partial charge in [0.15, 0.2) is 17.1 Å². The van der Waals surface area contributed by atoms with Crippen molar-refractivity contribution in [3.05, 3.63) is 59.4 Å². The monoisotopic (exact) mass is 599 g/mol. The van der Waals surface area contributed by atoms with Crippen LogP contribution in [0.1, 0.15) is 45.8 Å². The molecule has 3 amide bonds. The molecule has 0 aliphatic carbocycles. The highest BCUT2D eigenvalue weighted by atomic mass is 19.4. The first-order valence-electron chi connectivity index (χ1n) is 13.0. The Morgan fingerprint density at radius 3 is 2.37 bits per heavy atom. The molecule has 4 aromatic rings. The van der Waals surface area contributed by atoms with Gasteiger partial charge in [0.1, 0.15) is 5.69 Å². The van der Waals surface area contributed by atoms with E-state index in [1.807, 2.05) is 18.2 Å². The number of carbonyl (C=O) groups excluding carboxylic acids is 3. The van der Waals surface area contributed by atoms with Crippen LogP contribution < -0.4 is 21.3 Å². The zero-order valence-corrected chi connectivity index (χ0v) is 22.3. The number of aromatic nitrogens is 3. The summed E-state index contributed by atoms with van der Waals surface area (Å²) >= 11 is 0. The van der Waals surface area contributed by atoms with Crippen LogP contribution in [0.2, 0.25) is 0 Å². The van der Waals surface area contributed by atoms with Crippen molar-refractivity contribution in [1.82, 2.24) is 14.9 Å². The van der Waals surface area contributed by atoms with Gasteiger partial charge in [-0.15, -0.1) is 0 Å². The number of nitrogens with zero attached hydrogens (tertiary/aromatic N) is 5. The van der Waals surface area contributed by atoms with Gasteiger partial charge in [0, 0.05) is 37.0 Å². The van der Waals surface area contributed by atoms with Crippen LogP contribution in [0.25, 0.3) is 16.7 Å². The number of nitrogen functional groups attached to an aromatic ring is 1. The molecule has 2 aromatic carbocycles. The molecule has 0 radical (unpaired) electrons. The van der Waals surface area contributed by atoms with Gasteiger partial charge in [-0.25, -0.2) is 9.48 Å². The highest BCUT2D eigenvalue weighted by Crippen LogP contribution is 2.35. The van der Waals surface area contributed by atoms with E-state index in [-0.39, 0.29) is 29.0 Å². The highest BCUT2D eigenvalue weighted by Gasteiger charge is 2.38. The van der Waals surface area contributed by atoms with Crippen LogP contribution >= 0.6 is 0 Å². The molecular weight excluding hydrogens is 575 g/mol. The fourth-order valence-electron chi connectivity index (χ4n) is 4.89. The van der Waals surface area contributed by atoms with Crippen molar-refractivity contribution in [3.8, 4) is 5.69 Å². The fourth-order valence-corrected chi connectivity index (χ4v) is 4.89. The number of rotatable bonds is 4. The summed E-state index contributed by atoms with van der Waals surface area (Å²) in [7, 11) is 0. The number of halogens is 3. The number of anilines is 3. The third-order valence-corrected chi connectivity index (χ3v) is 6.99. The van der Waals surface area contributed by atoms with Gasteiger partial charge in [-0.1, -0.05) is 11.2 Å². The Balaban J connectivity index is 0.000000472. The Hall–Kier alpha value is -5.41. The molecule has 2 aliphatic heterocycles.